The Bertz CT molecular complexity index is 525. The summed E-state index contributed by atoms with van der Waals surface area (Å²) in [7, 11) is 0.266. The predicted molar refractivity (Wildman–Crippen MR) is 92.8 cm³/mol. The molecule has 0 spiro atoms. The van der Waals surface area contributed by atoms with Gasteiger partial charge in [-0.15, -0.1) is 11.6 Å². The molecular formula is C20H28ClOP. The van der Waals surface area contributed by atoms with Crippen LogP contribution in [0.15, 0.2) is 0 Å². The molecule has 0 heterocycles. The van der Waals surface area contributed by atoms with E-state index in [1.165, 1.54) is 70.6 Å². The number of rotatable bonds is 2. The molecule has 0 aromatic carbocycles. The molecule has 8 aliphatic rings. The summed E-state index contributed by atoms with van der Waals surface area (Å²) in [6, 6.07) is 0. The highest BCUT2D eigenvalue weighted by molar-refractivity contribution is 7.29. The number of halogens is 1. The maximum atomic E-state index is 12.5. The van der Waals surface area contributed by atoms with Gasteiger partial charge in [-0.2, -0.15) is 0 Å². The Morgan fingerprint density at radius 2 is 1.13 bits per heavy atom. The van der Waals surface area contributed by atoms with E-state index in [-0.39, 0.29) is 13.9 Å². The van der Waals surface area contributed by atoms with Gasteiger partial charge in [-0.05, 0) is 112 Å². The van der Waals surface area contributed by atoms with Crippen LogP contribution in [-0.2, 0) is 4.57 Å². The van der Waals surface area contributed by atoms with E-state index in [9.17, 15) is 4.57 Å². The minimum absolute atomic E-state index is 0.204. The number of hydrogen-bond donors (Lipinski definition) is 0. The molecule has 0 aromatic rings. The van der Waals surface area contributed by atoms with Crippen LogP contribution in [0.5, 0.6) is 0 Å². The lowest BCUT2D eigenvalue weighted by atomic mass is 9.34. The van der Waals surface area contributed by atoms with Crippen molar-refractivity contribution in [1.82, 2.24) is 0 Å². The van der Waals surface area contributed by atoms with Gasteiger partial charge in [0.15, 0.2) is 8.46 Å². The Morgan fingerprint density at radius 3 is 1.57 bits per heavy atom. The predicted octanol–water partition coefficient (Wildman–Crippen LogP) is 6.26. The molecule has 8 bridgehead atoms. The molecule has 1 nitrogen and oxygen atoms in total. The molecule has 23 heavy (non-hydrogen) atoms. The first-order valence-electron chi connectivity index (χ1n) is 10.1. The van der Waals surface area contributed by atoms with Crippen molar-refractivity contribution in [2.45, 2.75) is 75.2 Å². The van der Waals surface area contributed by atoms with Crippen molar-refractivity contribution in [2.75, 3.05) is 0 Å². The molecule has 3 atom stereocenters. The van der Waals surface area contributed by atoms with Gasteiger partial charge in [0, 0.05) is 5.41 Å². The monoisotopic (exact) mass is 350 g/mol. The standard InChI is InChI=1S/C20H28ClOP/c21-20(23-22)17-5-15-4-16(6-17)11-19(20,10-15)18-7-12-1-13(8-18)3-14(2-12)9-18/h12-17H,1-11H2. The fraction of sp³-hybridized carbons (Fsp3) is 1.00. The van der Waals surface area contributed by atoms with Crippen LogP contribution in [-0.4, -0.2) is 4.62 Å². The second-order valence-corrected chi connectivity index (χ2v) is 12.3. The minimum atomic E-state index is -0.425. The third-order valence-electron chi connectivity index (χ3n) is 9.58. The van der Waals surface area contributed by atoms with Crippen molar-refractivity contribution in [1.29, 1.82) is 0 Å². The quantitative estimate of drug-likeness (QED) is 0.424. The minimum Gasteiger partial charge on any atom is -0.273 e. The van der Waals surface area contributed by atoms with Crippen LogP contribution in [0, 0.1) is 46.3 Å². The molecule has 8 rings (SSSR count). The van der Waals surface area contributed by atoms with Crippen molar-refractivity contribution < 1.29 is 4.57 Å². The zero-order chi connectivity index (χ0) is 15.4. The first-order valence-corrected chi connectivity index (χ1v) is 11.3. The Hall–Kier alpha value is 0.390. The summed E-state index contributed by atoms with van der Waals surface area (Å²) >= 11 is 7.38. The van der Waals surface area contributed by atoms with Crippen molar-refractivity contribution in [2.24, 2.45) is 46.3 Å². The second-order valence-electron chi connectivity index (χ2n) is 10.6. The summed E-state index contributed by atoms with van der Waals surface area (Å²) in [5.74, 6) is 5.24. The molecule has 8 aliphatic carbocycles. The zero-order valence-electron chi connectivity index (χ0n) is 14.0. The van der Waals surface area contributed by atoms with Gasteiger partial charge in [-0.3, -0.25) is 4.57 Å². The third kappa shape index (κ3) is 1.60. The Balaban J connectivity index is 1.52. The van der Waals surface area contributed by atoms with Gasteiger partial charge in [-0.1, -0.05) is 0 Å². The Morgan fingerprint density at radius 1 is 0.696 bits per heavy atom. The van der Waals surface area contributed by atoms with Crippen molar-refractivity contribution in [3.05, 3.63) is 0 Å². The Labute approximate surface area is 146 Å². The van der Waals surface area contributed by atoms with Crippen molar-refractivity contribution in [3.8, 4) is 0 Å². The number of hydrogen-bond acceptors (Lipinski definition) is 1. The summed E-state index contributed by atoms with van der Waals surface area (Å²) in [4.78, 5) is 0. The van der Waals surface area contributed by atoms with E-state index in [0.29, 0.717) is 11.3 Å². The van der Waals surface area contributed by atoms with Crippen LogP contribution in [0.25, 0.3) is 0 Å². The fourth-order valence-corrected chi connectivity index (χ4v) is 11.1. The van der Waals surface area contributed by atoms with Crippen LogP contribution >= 0.6 is 20.1 Å². The van der Waals surface area contributed by atoms with Gasteiger partial charge in [-0.25, -0.2) is 0 Å². The number of alkyl halides is 1. The highest BCUT2D eigenvalue weighted by Crippen LogP contribution is 2.80. The molecule has 0 aliphatic heterocycles. The van der Waals surface area contributed by atoms with Crippen LogP contribution in [0.4, 0.5) is 0 Å². The smallest absolute Gasteiger partial charge is 0.179 e. The Kier molecular flexibility index (Phi) is 2.77. The second kappa shape index (κ2) is 4.37. The van der Waals surface area contributed by atoms with E-state index in [0.717, 1.165) is 29.6 Å². The van der Waals surface area contributed by atoms with Crippen molar-refractivity contribution in [3.63, 3.8) is 0 Å². The van der Waals surface area contributed by atoms with Gasteiger partial charge in [0.2, 0.25) is 0 Å². The van der Waals surface area contributed by atoms with Gasteiger partial charge >= 0.3 is 0 Å². The average molecular weight is 351 g/mol. The average Bonchev–Trinajstić information content (AvgIpc) is 2.50. The summed E-state index contributed by atoms with van der Waals surface area (Å²) in [5.41, 5.74) is 0.659. The normalized spacial score (nSPS) is 65.6. The van der Waals surface area contributed by atoms with E-state index in [1.54, 1.807) is 0 Å². The van der Waals surface area contributed by atoms with Gasteiger partial charge in [0.25, 0.3) is 0 Å². The molecule has 0 N–H and O–H groups in total. The molecule has 3 heteroatoms. The van der Waals surface area contributed by atoms with E-state index < -0.39 is 4.62 Å². The summed E-state index contributed by atoms with van der Waals surface area (Å²) in [6.45, 7) is 0. The van der Waals surface area contributed by atoms with E-state index in [4.69, 9.17) is 11.6 Å². The van der Waals surface area contributed by atoms with E-state index in [2.05, 4.69) is 0 Å². The van der Waals surface area contributed by atoms with E-state index in [1.807, 2.05) is 0 Å². The van der Waals surface area contributed by atoms with Crippen LogP contribution in [0.3, 0.4) is 0 Å². The molecular weight excluding hydrogens is 323 g/mol. The van der Waals surface area contributed by atoms with Gasteiger partial charge in [0.05, 0.1) is 0 Å². The van der Waals surface area contributed by atoms with Crippen LogP contribution in [0.1, 0.15) is 70.6 Å². The SMILES string of the molecule is O=PC1(Cl)C2CC3CC(C2)CC1(C12CC4CC(CC(C4)C1)C2)C3. The fourth-order valence-electron chi connectivity index (χ4n) is 9.62. The first kappa shape index (κ1) is 14.5. The van der Waals surface area contributed by atoms with Crippen LogP contribution < -0.4 is 0 Å². The molecule has 8 saturated carbocycles. The third-order valence-corrected chi connectivity index (χ3v) is 11.5. The molecule has 0 aromatic heterocycles. The van der Waals surface area contributed by atoms with Crippen LogP contribution in [0.2, 0.25) is 0 Å². The molecule has 0 radical (unpaired) electrons. The molecule has 126 valence electrons. The topological polar surface area (TPSA) is 17.1 Å². The lowest BCUT2D eigenvalue weighted by molar-refractivity contribution is -0.203. The van der Waals surface area contributed by atoms with E-state index >= 15 is 0 Å². The van der Waals surface area contributed by atoms with Gasteiger partial charge in [0.1, 0.15) is 4.62 Å². The molecule has 8 fully saturated rings. The molecule has 0 amide bonds. The lowest BCUT2D eigenvalue weighted by Gasteiger charge is -2.73. The van der Waals surface area contributed by atoms with Gasteiger partial charge < -0.3 is 0 Å². The largest absolute Gasteiger partial charge is 0.273 e. The lowest BCUT2D eigenvalue weighted by Crippen LogP contribution is -2.68. The maximum absolute atomic E-state index is 12.5. The summed E-state index contributed by atoms with van der Waals surface area (Å²) in [6.07, 6.45) is 15.4. The molecule has 0 saturated heterocycles. The maximum Gasteiger partial charge on any atom is 0.179 e. The summed E-state index contributed by atoms with van der Waals surface area (Å²) < 4.78 is 12.1. The highest BCUT2D eigenvalue weighted by atomic mass is 35.5. The summed E-state index contributed by atoms with van der Waals surface area (Å²) in [5, 5.41) is 0. The zero-order valence-corrected chi connectivity index (χ0v) is 15.6. The molecule has 3 unspecified atom stereocenters. The first-order chi connectivity index (χ1) is 11.1. The van der Waals surface area contributed by atoms with Crippen molar-refractivity contribution >= 4 is 20.1 Å². The highest BCUT2D eigenvalue weighted by Gasteiger charge is 2.74.